The quantitative estimate of drug-likeness (QED) is 0.488. The molecule has 0 aliphatic heterocycles. The van der Waals surface area contributed by atoms with E-state index in [9.17, 15) is 4.79 Å². The number of imidazole rings is 1. The standard InChI is InChI=1S/C23H26ClN3O2/c1-18(28)26-21-9-12-23(13-10-21)29-22(3-2-15-27-16-14-25-17-27)11-6-19-4-7-20(24)8-5-19/h4-5,7-10,12-14,16-17,22H,2-3,6,11,15H2,1H3,(H,26,28). The van der Waals surface area contributed by atoms with E-state index in [1.165, 1.54) is 12.5 Å². The highest BCUT2D eigenvalue weighted by molar-refractivity contribution is 6.30. The molecule has 2 aromatic carbocycles. The number of nitrogens with one attached hydrogen (secondary N) is 1. The van der Waals surface area contributed by atoms with Gasteiger partial charge in [0.05, 0.1) is 12.4 Å². The highest BCUT2D eigenvalue weighted by atomic mass is 35.5. The van der Waals surface area contributed by atoms with Gasteiger partial charge in [0.15, 0.2) is 0 Å². The normalized spacial score (nSPS) is 11.8. The predicted molar refractivity (Wildman–Crippen MR) is 116 cm³/mol. The summed E-state index contributed by atoms with van der Waals surface area (Å²) in [5.41, 5.74) is 2.02. The van der Waals surface area contributed by atoms with Gasteiger partial charge in [-0.25, -0.2) is 4.98 Å². The number of aromatic nitrogens is 2. The number of anilines is 1. The fraction of sp³-hybridized carbons (Fsp3) is 0.304. The molecule has 0 spiro atoms. The topological polar surface area (TPSA) is 56.1 Å². The number of halogens is 1. The zero-order valence-corrected chi connectivity index (χ0v) is 17.3. The van der Waals surface area contributed by atoms with Gasteiger partial charge in [-0.3, -0.25) is 4.79 Å². The third-order valence-electron chi connectivity index (χ3n) is 4.65. The molecule has 0 radical (unpaired) electrons. The van der Waals surface area contributed by atoms with Crippen LogP contribution in [0.5, 0.6) is 5.75 Å². The van der Waals surface area contributed by atoms with Crippen LogP contribution in [0, 0.1) is 0 Å². The number of aryl methyl sites for hydroxylation is 2. The smallest absolute Gasteiger partial charge is 0.221 e. The number of carbonyl (C=O) groups is 1. The average molecular weight is 412 g/mol. The minimum atomic E-state index is -0.0842. The maximum Gasteiger partial charge on any atom is 0.221 e. The summed E-state index contributed by atoms with van der Waals surface area (Å²) in [7, 11) is 0. The van der Waals surface area contributed by atoms with Crippen LogP contribution in [0.3, 0.4) is 0 Å². The van der Waals surface area contributed by atoms with E-state index in [1.54, 1.807) is 6.20 Å². The van der Waals surface area contributed by atoms with E-state index in [-0.39, 0.29) is 12.0 Å². The molecule has 1 aromatic heterocycles. The number of rotatable bonds is 10. The Morgan fingerprint density at radius 2 is 1.90 bits per heavy atom. The van der Waals surface area contributed by atoms with Gasteiger partial charge in [0.1, 0.15) is 5.75 Å². The van der Waals surface area contributed by atoms with Gasteiger partial charge < -0.3 is 14.6 Å². The van der Waals surface area contributed by atoms with Crippen molar-refractivity contribution in [2.45, 2.75) is 45.3 Å². The van der Waals surface area contributed by atoms with Crippen LogP contribution in [0.15, 0.2) is 67.3 Å². The zero-order valence-electron chi connectivity index (χ0n) is 16.6. The lowest BCUT2D eigenvalue weighted by Crippen LogP contribution is -2.18. The zero-order chi connectivity index (χ0) is 20.5. The third kappa shape index (κ3) is 7.27. The lowest BCUT2D eigenvalue weighted by atomic mass is 10.0. The molecule has 0 saturated heterocycles. The Bertz CT molecular complexity index is 878. The van der Waals surface area contributed by atoms with Gasteiger partial charge in [0.25, 0.3) is 0 Å². The minimum absolute atomic E-state index is 0.0842. The first kappa shape index (κ1) is 20.9. The monoisotopic (exact) mass is 411 g/mol. The van der Waals surface area contributed by atoms with Crippen LogP contribution in [0.1, 0.15) is 31.7 Å². The molecule has 1 heterocycles. The van der Waals surface area contributed by atoms with Gasteiger partial charge in [0, 0.05) is 36.6 Å². The van der Waals surface area contributed by atoms with Crippen LogP contribution in [-0.4, -0.2) is 21.6 Å². The number of nitrogens with zero attached hydrogens (tertiary/aromatic N) is 2. The molecule has 0 bridgehead atoms. The lowest BCUT2D eigenvalue weighted by Gasteiger charge is -2.20. The highest BCUT2D eigenvalue weighted by Gasteiger charge is 2.12. The SMILES string of the molecule is CC(=O)Nc1ccc(OC(CCCn2ccnc2)CCc2ccc(Cl)cc2)cc1. The largest absolute Gasteiger partial charge is 0.490 e. The molecular formula is C23H26ClN3O2. The second kappa shape index (κ2) is 10.7. The van der Waals surface area contributed by atoms with Gasteiger partial charge in [-0.05, 0) is 67.6 Å². The molecule has 5 nitrogen and oxygen atoms in total. The molecule has 1 N–H and O–H groups in total. The van der Waals surface area contributed by atoms with E-state index in [2.05, 4.69) is 27.0 Å². The second-order valence-electron chi connectivity index (χ2n) is 7.05. The van der Waals surface area contributed by atoms with Crippen molar-refractivity contribution in [1.29, 1.82) is 0 Å². The lowest BCUT2D eigenvalue weighted by molar-refractivity contribution is -0.114. The van der Waals surface area contributed by atoms with E-state index in [1.807, 2.05) is 48.9 Å². The Morgan fingerprint density at radius 3 is 2.55 bits per heavy atom. The van der Waals surface area contributed by atoms with Crippen molar-refractivity contribution >= 4 is 23.2 Å². The summed E-state index contributed by atoms with van der Waals surface area (Å²) in [5.74, 6) is 0.724. The molecule has 1 unspecified atom stereocenters. The average Bonchev–Trinajstić information content (AvgIpc) is 3.22. The van der Waals surface area contributed by atoms with E-state index in [4.69, 9.17) is 16.3 Å². The van der Waals surface area contributed by atoms with Crippen molar-refractivity contribution in [3.63, 3.8) is 0 Å². The van der Waals surface area contributed by atoms with Crippen molar-refractivity contribution in [1.82, 2.24) is 9.55 Å². The third-order valence-corrected chi connectivity index (χ3v) is 4.90. The van der Waals surface area contributed by atoms with Gasteiger partial charge in [-0.1, -0.05) is 23.7 Å². The maximum atomic E-state index is 11.2. The molecule has 152 valence electrons. The van der Waals surface area contributed by atoms with E-state index >= 15 is 0 Å². The fourth-order valence-corrected chi connectivity index (χ4v) is 3.30. The molecule has 0 fully saturated rings. The molecule has 3 rings (SSSR count). The van der Waals surface area contributed by atoms with Crippen molar-refractivity contribution in [2.75, 3.05) is 5.32 Å². The fourth-order valence-electron chi connectivity index (χ4n) is 3.17. The van der Waals surface area contributed by atoms with E-state index < -0.39 is 0 Å². The van der Waals surface area contributed by atoms with Crippen LogP contribution in [-0.2, 0) is 17.8 Å². The Morgan fingerprint density at radius 1 is 1.14 bits per heavy atom. The molecule has 6 heteroatoms. The van der Waals surface area contributed by atoms with Gasteiger partial charge in [-0.2, -0.15) is 0 Å². The first-order chi connectivity index (χ1) is 14.1. The number of amides is 1. The summed E-state index contributed by atoms with van der Waals surface area (Å²) in [6.07, 6.45) is 9.50. The highest BCUT2D eigenvalue weighted by Crippen LogP contribution is 2.21. The molecule has 29 heavy (non-hydrogen) atoms. The maximum absolute atomic E-state index is 11.2. The second-order valence-corrected chi connectivity index (χ2v) is 7.49. The summed E-state index contributed by atoms with van der Waals surface area (Å²) in [5, 5.41) is 3.52. The molecule has 3 aromatic rings. The van der Waals surface area contributed by atoms with Crippen LogP contribution in [0.4, 0.5) is 5.69 Å². The van der Waals surface area contributed by atoms with Crippen molar-refractivity contribution < 1.29 is 9.53 Å². The summed E-state index contributed by atoms with van der Waals surface area (Å²) in [4.78, 5) is 15.3. The van der Waals surface area contributed by atoms with Crippen LogP contribution >= 0.6 is 11.6 Å². The summed E-state index contributed by atoms with van der Waals surface area (Å²) in [6.45, 7) is 2.42. The minimum Gasteiger partial charge on any atom is -0.490 e. The Balaban J connectivity index is 1.59. The van der Waals surface area contributed by atoms with Crippen molar-refractivity contribution in [3.8, 4) is 5.75 Å². The Labute approximate surface area is 176 Å². The van der Waals surface area contributed by atoms with Crippen LogP contribution in [0.25, 0.3) is 0 Å². The Hall–Kier alpha value is -2.79. The van der Waals surface area contributed by atoms with Crippen LogP contribution < -0.4 is 10.1 Å². The molecule has 1 atom stereocenters. The summed E-state index contributed by atoms with van der Waals surface area (Å²) < 4.78 is 8.36. The predicted octanol–water partition coefficient (Wildman–Crippen LogP) is 5.36. The van der Waals surface area contributed by atoms with Gasteiger partial charge >= 0.3 is 0 Å². The molecule has 0 aliphatic rings. The summed E-state index contributed by atoms with van der Waals surface area (Å²) in [6, 6.07) is 15.5. The molecule has 0 aliphatic carbocycles. The number of carbonyl (C=O) groups excluding carboxylic acids is 1. The number of hydrogen-bond acceptors (Lipinski definition) is 3. The van der Waals surface area contributed by atoms with Gasteiger partial charge in [0.2, 0.25) is 5.91 Å². The molecule has 0 saturated carbocycles. The number of hydrogen-bond donors (Lipinski definition) is 1. The number of benzene rings is 2. The molecule has 1 amide bonds. The first-order valence-corrected chi connectivity index (χ1v) is 10.2. The first-order valence-electron chi connectivity index (χ1n) is 9.83. The molecular weight excluding hydrogens is 386 g/mol. The van der Waals surface area contributed by atoms with Gasteiger partial charge in [-0.15, -0.1) is 0 Å². The summed E-state index contributed by atoms with van der Waals surface area (Å²) >= 11 is 5.98. The Kier molecular flexibility index (Phi) is 7.70. The van der Waals surface area contributed by atoms with Crippen molar-refractivity contribution in [3.05, 3.63) is 77.8 Å². The van der Waals surface area contributed by atoms with Crippen LogP contribution in [0.2, 0.25) is 5.02 Å². The number of ether oxygens (including phenoxy) is 1. The van der Waals surface area contributed by atoms with Crippen molar-refractivity contribution in [2.24, 2.45) is 0 Å². The van der Waals surface area contributed by atoms with E-state index in [0.717, 1.165) is 48.7 Å². The van der Waals surface area contributed by atoms with E-state index in [0.29, 0.717) is 0 Å².